The fourth-order valence-corrected chi connectivity index (χ4v) is 7.29. The number of nitrogen functional groups attached to an aromatic ring is 3. The predicted molar refractivity (Wildman–Crippen MR) is 168 cm³/mol. The van der Waals surface area contributed by atoms with Gasteiger partial charge in [-0.05, 0) is 18.6 Å². The fourth-order valence-electron chi connectivity index (χ4n) is 4.40. The molecule has 0 saturated carbocycles. The summed E-state index contributed by atoms with van der Waals surface area (Å²) in [6.07, 6.45) is -1.85. The number of carboxylic acids is 2. The van der Waals surface area contributed by atoms with E-state index in [1.54, 1.807) is 6.92 Å². The Morgan fingerprint density at radius 1 is 1.21 bits per heavy atom. The summed E-state index contributed by atoms with van der Waals surface area (Å²) in [5.41, 5.74) is 17.3. The molecular formula is C26H24N9O9S3-. The molecule has 47 heavy (non-hydrogen) atoms. The van der Waals surface area contributed by atoms with Crippen molar-refractivity contribution >= 4 is 81.1 Å². The highest BCUT2D eigenvalue weighted by molar-refractivity contribution is 8.01. The SMILES string of the molecule is Cc1c(N)nc(SCC2=C(C(=O)O)N3C(=O)[C@@H](NC(=O)/C(=N/O[C@@H](C(=O)O)c4ccc([O-])c(O)c4)c4csc(N)n4)[C@H]3SC2)nc1N. The number of thioether (sulfide) groups is 2. The number of aromatic hydroxyl groups is 1. The van der Waals surface area contributed by atoms with Crippen LogP contribution in [0.3, 0.4) is 0 Å². The monoisotopic (exact) mass is 702 g/mol. The first-order chi connectivity index (χ1) is 22.3. The molecule has 2 amide bonds. The number of hydrogen-bond acceptors (Lipinski definition) is 17. The number of fused-ring (bicyclic) bond motifs is 1. The number of thiazole rings is 1. The molecule has 0 radical (unpaired) electrons. The van der Waals surface area contributed by atoms with Gasteiger partial charge in [0.15, 0.2) is 16.0 Å². The molecule has 3 aromatic rings. The van der Waals surface area contributed by atoms with Crippen molar-refractivity contribution in [3.63, 3.8) is 0 Å². The van der Waals surface area contributed by atoms with E-state index in [-0.39, 0.29) is 50.4 Å². The van der Waals surface area contributed by atoms with Gasteiger partial charge in [0.2, 0.25) is 6.10 Å². The van der Waals surface area contributed by atoms with Crippen molar-refractivity contribution < 1.29 is 44.4 Å². The predicted octanol–water partition coefficient (Wildman–Crippen LogP) is -0.155. The average Bonchev–Trinajstić information content (AvgIpc) is 3.45. The van der Waals surface area contributed by atoms with Crippen molar-refractivity contribution in [2.24, 2.45) is 5.16 Å². The van der Waals surface area contributed by atoms with Crippen molar-refractivity contribution in [2.75, 3.05) is 28.7 Å². The summed E-state index contributed by atoms with van der Waals surface area (Å²) in [6, 6.07) is 1.74. The van der Waals surface area contributed by atoms with Crippen LogP contribution in [-0.2, 0) is 24.0 Å². The van der Waals surface area contributed by atoms with E-state index in [0.717, 1.165) is 46.2 Å². The Labute approximate surface area is 276 Å². The molecule has 4 heterocycles. The number of benzene rings is 1. The number of hydrogen-bond donors (Lipinski definition) is 7. The van der Waals surface area contributed by atoms with Gasteiger partial charge in [0.05, 0.1) is 0 Å². The normalized spacial score (nSPS) is 18.3. The van der Waals surface area contributed by atoms with Gasteiger partial charge in [0.25, 0.3) is 11.8 Å². The van der Waals surface area contributed by atoms with Crippen LogP contribution in [0.1, 0.15) is 22.9 Å². The number of carbonyl (C=O) groups excluding carboxylic acids is 2. The maximum Gasteiger partial charge on any atom is 0.352 e. The highest BCUT2D eigenvalue weighted by Crippen LogP contribution is 2.41. The number of anilines is 3. The summed E-state index contributed by atoms with van der Waals surface area (Å²) < 4.78 is 0. The number of phenols is 1. The van der Waals surface area contributed by atoms with Crippen LogP contribution >= 0.6 is 34.9 Å². The average molecular weight is 703 g/mol. The number of β-lactam (4-membered cyclic amide) rings is 1. The number of rotatable bonds is 11. The number of aromatic nitrogens is 3. The number of nitrogens with zero attached hydrogens (tertiary/aromatic N) is 5. The highest BCUT2D eigenvalue weighted by Gasteiger charge is 2.54. The summed E-state index contributed by atoms with van der Waals surface area (Å²) in [5, 5.41) is 48.0. The standard InChI is InChI=1S/C26H25N9O9S3/c1-8-18(27)32-26(33-19(8)28)47-6-10-5-45-22-15(21(39)35(22)16(10)23(40)41)31-20(38)14(11-7-46-25(29)30-11)34-44-17(24(42)43)9-2-3-12(36)13(37)4-9/h2-4,7,15,17,22,36-37H,5-6H2,1H3,(H2,29,30)(H,31,38)(H,40,41)(H,42,43)(H4,27,28,32,33)/p-1/b34-14+/t15-,17-,22-/m1/s1. The number of phenolic OH excluding ortho intramolecular Hbond substituents is 1. The molecule has 3 atom stereocenters. The maximum atomic E-state index is 13.4. The van der Waals surface area contributed by atoms with Gasteiger partial charge in [-0.2, -0.15) is 0 Å². The van der Waals surface area contributed by atoms with Gasteiger partial charge in [0, 0.05) is 28.0 Å². The molecule has 1 saturated heterocycles. The van der Waals surface area contributed by atoms with Crippen LogP contribution in [0.25, 0.3) is 0 Å². The third kappa shape index (κ3) is 6.66. The minimum absolute atomic E-state index is 0.0445. The number of nitrogens with one attached hydrogen (secondary N) is 1. The van der Waals surface area contributed by atoms with Gasteiger partial charge in [0.1, 0.15) is 40.2 Å². The van der Waals surface area contributed by atoms with E-state index in [2.05, 4.69) is 25.4 Å². The minimum atomic E-state index is -1.85. The molecule has 5 rings (SSSR count). The molecule has 0 unspecified atom stereocenters. The molecule has 10 N–H and O–H groups in total. The van der Waals surface area contributed by atoms with Gasteiger partial charge >= 0.3 is 11.9 Å². The van der Waals surface area contributed by atoms with Crippen molar-refractivity contribution in [2.45, 2.75) is 29.6 Å². The second-order valence-electron chi connectivity index (χ2n) is 9.87. The van der Waals surface area contributed by atoms with Gasteiger partial charge < -0.3 is 47.8 Å². The summed E-state index contributed by atoms with van der Waals surface area (Å²) in [6.45, 7) is 1.66. The molecule has 18 nitrogen and oxygen atoms in total. The summed E-state index contributed by atoms with van der Waals surface area (Å²) in [4.78, 5) is 69.4. The lowest BCUT2D eigenvalue weighted by Gasteiger charge is -2.49. The lowest BCUT2D eigenvalue weighted by atomic mass is 10.0. The highest BCUT2D eigenvalue weighted by atomic mass is 32.2. The van der Waals surface area contributed by atoms with Gasteiger partial charge in [-0.1, -0.05) is 34.8 Å². The molecule has 0 aliphatic carbocycles. The van der Waals surface area contributed by atoms with Crippen LogP contribution in [0.5, 0.6) is 11.5 Å². The Bertz CT molecular complexity index is 1840. The fraction of sp³-hybridized carbons (Fsp3) is 0.231. The molecule has 2 aliphatic heterocycles. The maximum absolute atomic E-state index is 13.4. The van der Waals surface area contributed by atoms with E-state index in [1.807, 2.05) is 0 Å². The van der Waals surface area contributed by atoms with E-state index < -0.39 is 58.5 Å². The molecule has 0 spiro atoms. The Morgan fingerprint density at radius 2 is 1.91 bits per heavy atom. The third-order valence-electron chi connectivity index (χ3n) is 6.85. The summed E-state index contributed by atoms with van der Waals surface area (Å²) >= 11 is 3.25. The van der Waals surface area contributed by atoms with Gasteiger partial charge in [-0.15, -0.1) is 23.1 Å². The van der Waals surface area contributed by atoms with Crippen molar-refractivity contribution in [1.82, 2.24) is 25.2 Å². The number of nitrogens with two attached hydrogens (primary N) is 3. The van der Waals surface area contributed by atoms with Gasteiger partial charge in [-0.3, -0.25) is 14.5 Å². The van der Waals surface area contributed by atoms with Crippen molar-refractivity contribution in [3.8, 4) is 11.5 Å². The first-order valence-electron chi connectivity index (χ1n) is 13.2. The second-order valence-corrected chi connectivity index (χ2v) is 12.8. The number of amides is 2. The number of aliphatic carboxylic acids is 2. The third-order valence-corrected chi connectivity index (χ3v) is 9.80. The first kappa shape index (κ1) is 33.1. The molecule has 2 aromatic heterocycles. The van der Waals surface area contributed by atoms with Crippen molar-refractivity contribution in [1.29, 1.82) is 0 Å². The zero-order valence-electron chi connectivity index (χ0n) is 23.9. The number of oxime groups is 1. The second kappa shape index (κ2) is 13.2. The van der Waals surface area contributed by atoms with E-state index in [0.29, 0.717) is 11.1 Å². The molecule has 246 valence electrons. The zero-order valence-corrected chi connectivity index (χ0v) is 26.4. The largest absolute Gasteiger partial charge is 0.870 e. The van der Waals surface area contributed by atoms with Crippen LogP contribution in [0.15, 0.2) is 45.2 Å². The lowest BCUT2D eigenvalue weighted by molar-refractivity contribution is -0.270. The minimum Gasteiger partial charge on any atom is -0.870 e. The lowest BCUT2D eigenvalue weighted by Crippen LogP contribution is -2.71. The first-order valence-corrected chi connectivity index (χ1v) is 16.1. The van der Waals surface area contributed by atoms with E-state index in [9.17, 15) is 39.6 Å². The van der Waals surface area contributed by atoms with Crippen LogP contribution in [0, 0.1) is 6.92 Å². The summed E-state index contributed by atoms with van der Waals surface area (Å²) in [5.74, 6) is -5.42. The molecule has 1 fully saturated rings. The molecule has 21 heteroatoms. The topological polar surface area (TPSA) is 306 Å². The Hall–Kier alpha value is -5.28. The van der Waals surface area contributed by atoms with Crippen LogP contribution < -0.4 is 27.6 Å². The van der Waals surface area contributed by atoms with Crippen molar-refractivity contribution in [3.05, 3.63) is 51.7 Å². The summed E-state index contributed by atoms with van der Waals surface area (Å²) in [7, 11) is 0. The van der Waals surface area contributed by atoms with E-state index >= 15 is 0 Å². The van der Waals surface area contributed by atoms with Crippen LogP contribution in [0.2, 0.25) is 0 Å². The molecule has 2 aliphatic rings. The quantitative estimate of drug-likeness (QED) is 0.0449. The van der Waals surface area contributed by atoms with E-state index in [4.69, 9.17) is 22.0 Å². The Kier molecular flexibility index (Phi) is 9.31. The van der Waals surface area contributed by atoms with Gasteiger partial charge in [-0.25, -0.2) is 24.5 Å². The van der Waals surface area contributed by atoms with E-state index in [1.165, 1.54) is 17.1 Å². The Balaban J connectivity index is 1.35. The molecule has 1 aromatic carbocycles. The zero-order chi connectivity index (χ0) is 34.2. The Morgan fingerprint density at radius 3 is 2.51 bits per heavy atom. The smallest absolute Gasteiger partial charge is 0.352 e. The number of carboxylic acid groups (broad SMARTS) is 2. The van der Waals surface area contributed by atoms with Crippen LogP contribution in [-0.4, -0.2) is 87.6 Å². The molecular weight excluding hydrogens is 679 g/mol. The van der Waals surface area contributed by atoms with Crippen LogP contribution in [0.4, 0.5) is 16.8 Å². The molecule has 0 bridgehead atoms. The number of carbonyl (C=O) groups is 4.